The molecule has 0 aliphatic heterocycles. The summed E-state index contributed by atoms with van der Waals surface area (Å²) in [5.74, 6) is -0.854. The predicted molar refractivity (Wildman–Crippen MR) is 241 cm³/mol. The van der Waals surface area contributed by atoms with Gasteiger partial charge in [0.2, 0.25) is 0 Å². The van der Waals surface area contributed by atoms with Gasteiger partial charge in [-0.25, -0.2) is 9.36 Å². The normalized spacial score (nSPS) is 12.9. The Labute approximate surface area is 392 Å². The van der Waals surface area contributed by atoms with Crippen LogP contribution in [-0.2, 0) is 46.4 Å². The molecule has 0 bridgehead atoms. The number of benzene rings is 4. The molecule has 0 spiro atoms. The first-order chi connectivity index (χ1) is 29.9. The highest BCUT2D eigenvalue weighted by atomic mass is 35.5. The van der Waals surface area contributed by atoms with Gasteiger partial charge in [-0.1, -0.05) is 81.7 Å². The van der Waals surface area contributed by atoms with E-state index in [4.69, 9.17) is 92.4 Å². The Morgan fingerprint density at radius 2 is 1.06 bits per heavy atom. The highest BCUT2D eigenvalue weighted by molar-refractivity contribution is 7.86. The van der Waals surface area contributed by atoms with Crippen molar-refractivity contribution in [3.63, 3.8) is 0 Å². The molecule has 2 amide bonds. The zero-order chi connectivity index (χ0) is 45.3. The highest BCUT2D eigenvalue weighted by Gasteiger charge is 2.33. The number of fused-ring (bicyclic) bond motifs is 6. The molecule has 0 saturated carbocycles. The van der Waals surface area contributed by atoms with Crippen molar-refractivity contribution >= 4 is 102 Å². The van der Waals surface area contributed by atoms with E-state index in [0.717, 1.165) is 35.2 Å². The Hall–Kier alpha value is -4.49. The van der Waals surface area contributed by atoms with Gasteiger partial charge in [0, 0.05) is 50.4 Å². The maximum Gasteiger partial charge on any atom is 0.425 e. The second-order valence-corrected chi connectivity index (χ2v) is 18.6. The molecule has 8 rings (SSSR count). The molecule has 0 fully saturated rings. The van der Waals surface area contributed by atoms with E-state index in [-0.39, 0.29) is 51.7 Å². The van der Waals surface area contributed by atoms with Crippen LogP contribution in [0.2, 0.25) is 30.1 Å². The number of halogens is 6. The summed E-state index contributed by atoms with van der Waals surface area (Å²) < 4.78 is 63.7. The van der Waals surface area contributed by atoms with Crippen molar-refractivity contribution in [2.24, 2.45) is 0 Å². The van der Waals surface area contributed by atoms with Crippen molar-refractivity contribution < 1.29 is 35.2 Å². The van der Waals surface area contributed by atoms with Gasteiger partial charge in [0.05, 0.1) is 37.8 Å². The number of amides is 2. The lowest BCUT2D eigenvalue weighted by Gasteiger charge is -2.15. The molecule has 0 atom stereocenters. The van der Waals surface area contributed by atoms with Crippen molar-refractivity contribution in [3.05, 3.63) is 131 Å². The summed E-state index contributed by atoms with van der Waals surface area (Å²) in [5.41, 5.74) is 6.58. The smallest absolute Gasteiger partial charge is 0.351 e. The third-order valence-electron chi connectivity index (χ3n) is 10.4. The van der Waals surface area contributed by atoms with E-state index in [2.05, 4.69) is 10.6 Å². The first-order valence-corrected chi connectivity index (χ1v) is 23.7. The third kappa shape index (κ3) is 9.94. The fourth-order valence-electron chi connectivity index (χ4n) is 7.85. The van der Waals surface area contributed by atoms with Gasteiger partial charge in [-0.3, -0.25) is 14.1 Å². The Bertz CT molecular complexity index is 3060. The van der Waals surface area contributed by atoms with E-state index in [0.29, 0.717) is 79.5 Å². The molecular formula is C41H32Cl6N6O8S2. The second-order valence-electron chi connectivity index (χ2n) is 14.3. The number of carbonyl (C=O) groups excluding carboxylic acids is 2. The van der Waals surface area contributed by atoms with Crippen LogP contribution >= 0.6 is 69.6 Å². The van der Waals surface area contributed by atoms with E-state index in [9.17, 15) is 22.6 Å². The molecule has 2 aliphatic rings. The molecule has 2 heterocycles. The number of hydrogen-bond donors (Lipinski definition) is 3. The van der Waals surface area contributed by atoms with Crippen LogP contribution in [-0.4, -0.2) is 70.1 Å². The van der Waals surface area contributed by atoms with Gasteiger partial charge in [-0.05, 0) is 111 Å². The molecule has 22 heteroatoms. The Kier molecular flexibility index (Phi) is 14.3. The third-order valence-corrected chi connectivity index (χ3v) is 13.1. The summed E-state index contributed by atoms with van der Waals surface area (Å²) in [7, 11) is -7.82. The number of aromatic nitrogens is 4. The van der Waals surface area contributed by atoms with Crippen molar-refractivity contribution in [2.75, 3.05) is 13.1 Å². The van der Waals surface area contributed by atoms with Gasteiger partial charge in [0.1, 0.15) is 4.90 Å². The Morgan fingerprint density at radius 1 is 0.619 bits per heavy atom. The fraction of sp³-hybridized carbons (Fsp3) is 0.220. The average molecular weight is 1010 g/mol. The fourth-order valence-corrected chi connectivity index (χ4v) is 10.3. The predicted octanol–water partition coefficient (Wildman–Crippen LogP) is 9.08. The summed E-state index contributed by atoms with van der Waals surface area (Å²) >= 11 is 38.4. The summed E-state index contributed by atoms with van der Waals surface area (Å²) in [4.78, 5) is 27.3. The van der Waals surface area contributed by atoms with Crippen LogP contribution < -0.4 is 10.6 Å². The number of nitrogens with zero attached hydrogens (tertiary/aromatic N) is 4. The van der Waals surface area contributed by atoms with Crippen LogP contribution in [0.1, 0.15) is 62.5 Å². The van der Waals surface area contributed by atoms with Crippen LogP contribution in [0.15, 0.2) is 71.6 Å². The molecule has 6 aromatic rings. The first kappa shape index (κ1) is 46.5. The van der Waals surface area contributed by atoms with Gasteiger partial charge in [0.25, 0.3) is 21.9 Å². The molecule has 0 radical (unpaired) electrons. The van der Waals surface area contributed by atoms with E-state index >= 15 is 0 Å². The molecule has 0 saturated heterocycles. The minimum absolute atomic E-state index is 0.113. The average Bonchev–Trinajstić information content (AvgIpc) is 3.62. The Morgan fingerprint density at radius 3 is 1.57 bits per heavy atom. The van der Waals surface area contributed by atoms with Crippen LogP contribution in [0.5, 0.6) is 0 Å². The van der Waals surface area contributed by atoms with Gasteiger partial charge >= 0.3 is 10.6 Å². The lowest BCUT2D eigenvalue weighted by Crippen LogP contribution is -2.31. The topological polar surface area (TPSA) is 199 Å². The standard InChI is InChI=1S/C41H32Cl6N6O5S.O3S/c42-22-8-11-25-21(18-22)4-1-6-28-35(50-52(37(25)28)33-14-9-23(43)19-31(33)46)40(54)48-16-3-17-49-41(55)36-29-7-2-5-27-26(12-13-30(45)39(27)59(56,57)58)38(29)53(51-36)34-15-10-24(44)20-32(34)47;1-4(2)3/h8-15,18-20H,1-7,16-17H2,(H,48,54)(H,49,55)(H,56,57,58);. The summed E-state index contributed by atoms with van der Waals surface area (Å²) in [6.45, 7) is 0.400. The van der Waals surface area contributed by atoms with E-state index < -0.39 is 26.6 Å². The molecule has 2 aliphatic carbocycles. The van der Waals surface area contributed by atoms with Crippen molar-refractivity contribution in [1.82, 2.24) is 30.2 Å². The van der Waals surface area contributed by atoms with E-state index in [1.807, 2.05) is 18.2 Å². The highest BCUT2D eigenvalue weighted by Crippen LogP contribution is 2.43. The van der Waals surface area contributed by atoms with Crippen LogP contribution in [0, 0.1) is 0 Å². The van der Waals surface area contributed by atoms with E-state index in [1.165, 1.54) is 16.8 Å². The summed E-state index contributed by atoms with van der Waals surface area (Å²) in [6.07, 6.45) is 3.54. The number of carbonyl (C=O) groups is 2. The second kappa shape index (κ2) is 19.3. The van der Waals surface area contributed by atoms with Gasteiger partial charge in [0.15, 0.2) is 11.4 Å². The first-order valence-electron chi connectivity index (χ1n) is 19.0. The van der Waals surface area contributed by atoms with Gasteiger partial charge < -0.3 is 10.6 Å². The van der Waals surface area contributed by atoms with Gasteiger partial charge in [-0.15, -0.1) is 12.6 Å². The molecule has 328 valence electrons. The molecule has 3 N–H and O–H groups in total. The zero-order valence-corrected chi connectivity index (χ0v) is 38.6. The quantitative estimate of drug-likeness (QED) is 0.0927. The maximum absolute atomic E-state index is 13.9. The number of aryl methyl sites for hydroxylation is 1. The largest absolute Gasteiger partial charge is 0.425 e. The molecule has 63 heavy (non-hydrogen) atoms. The van der Waals surface area contributed by atoms with Crippen molar-refractivity contribution in [2.45, 2.75) is 49.8 Å². The minimum Gasteiger partial charge on any atom is -0.351 e. The zero-order valence-electron chi connectivity index (χ0n) is 32.4. The lowest BCUT2D eigenvalue weighted by atomic mass is 10.0. The van der Waals surface area contributed by atoms with Gasteiger partial charge in [-0.2, -0.15) is 18.6 Å². The van der Waals surface area contributed by atoms with Crippen LogP contribution in [0.4, 0.5) is 0 Å². The molecule has 0 unspecified atom stereocenters. The monoisotopic (exact) mass is 1010 g/mol. The Balaban J connectivity index is 0.00000143. The lowest BCUT2D eigenvalue weighted by molar-refractivity contribution is 0.0945. The number of rotatable bonds is 9. The summed E-state index contributed by atoms with van der Waals surface area (Å²) in [6, 6.07) is 18.6. The minimum atomic E-state index is -4.70. The van der Waals surface area contributed by atoms with Crippen LogP contribution in [0.3, 0.4) is 0 Å². The summed E-state index contributed by atoms with van der Waals surface area (Å²) in [5, 5.41) is 17.4. The maximum atomic E-state index is 13.9. The number of nitrogens with one attached hydrogen (secondary N) is 2. The molecular weight excluding hydrogens is 981 g/mol. The van der Waals surface area contributed by atoms with Crippen molar-refractivity contribution in [3.8, 4) is 33.9 Å². The molecule has 2 aromatic heterocycles. The SMILES string of the molecule is O=C(NCCCNC(=O)c1nn(-c2ccc(Cl)cc2Cl)c2c1CCCc1c-2ccc(Cl)c1S(=O)(=O)O)c1nn(-c2ccc(Cl)cc2Cl)c2c1CCCc1cc(Cl)ccc1-2.O=S(=O)=O. The van der Waals surface area contributed by atoms with Crippen molar-refractivity contribution in [1.29, 1.82) is 0 Å². The van der Waals surface area contributed by atoms with E-state index in [1.54, 1.807) is 41.1 Å². The molecule has 4 aromatic carbocycles. The van der Waals surface area contributed by atoms with Crippen LogP contribution in [0.25, 0.3) is 33.9 Å². The molecule has 14 nitrogen and oxygen atoms in total. The number of hydrogen-bond acceptors (Lipinski definition) is 9.